The summed E-state index contributed by atoms with van der Waals surface area (Å²) in [5.74, 6) is 0.556. The lowest BCUT2D eigenvalue weighted by Gasteiger charge is -2.17. The van der Waals surface area contributed by atoms with E-state index in [9.17, 15) is 14.7 Å². The number of aliphatic hydroxyl groups excluding tert-OH is 1. The molecule has 232 valence electrons. The van der Waals surface area contributed by atoms with Gasteiger partial charge >= 0.3 is 6.03 Å². The standard InChI is InChI=1S/C37H40N4O4/c42-33(31-17-19-34(36-32(31)18-20-35(43)41-36)45-26-29-13-5-2-6-14-29)25-38-23-21-28-15-9-16-30(24-28)40-37(44)39-22-8-7-12-27-10-3-1-4-11-27/h1-6,9-11,13-20,24,33,38,42H,7-8,12,21-23,25-26H2,(H,41,43)(H2,39,40,44)/t33-/m1/s1. The fraction of sp³-hybridized carbons (Fsp3) is 0.243. The summed E-state index contributed by atoms with van der Waals surface area (Å²) in [6, 6.07) is 34.6. The van der Waals surface area contributed by atoms with Gasteiger partial charge in [0.15, 0.2) is 0 Å². The predicted octanol–water partition coefficient (Wildman–Crippen LogP) is 6.12. The Morgan fingerprint density at radius 3 is 2.33 bits per heavy atom. The van der Waals surface area contributed by atoms with Crippen molar-refractivity contribution in [3.63, 3.8) is 0 Å². The highest BCUT2D eigenvalue weighted by Gasteiger charge is 2.15. The SMILES string of the molecule is O=C(NCCCCc1ccccc1)Nc1cccc(CCNC[C@@H](O)c2ccc(OCc3ccccc3)c3[nH]c(=O)ccc23)c1. The van der Waals surface area contributed by atoms with Gasteiger partial charge in [-0.2, -0.15) is 0 Å². The predicted molar refractivity (Wildman–Crippen MR) is 180 cm³/mol. The number of H-pyrrole nitrogens is 1. The molecule has 2 amide bonds. The molecule has 0 aliphatic carbocycles. The van der Waals surface area contributed by atoms with Crippen LogP contribution < -0.4 is 26.2 Å². The lowest BCUT2D eigenvalue weighted by Crippen LogP contribution is -2.29. The lowest BCUT2D eigenvalue weighted by molar-refractivity contribution is 0.176. The molecule has 0 saturated carbocycles. The van der Waals surface area contributed by atoms with Crippen molar-refractivity contribution in [1.82, 2.24) is 15.6 Å². The fourth-order valence-corrected chi connectivity index (χ4v) is 5.26. The van der Waals surface area contributed by atoms with Crippen LogP contribution in [0.5, 0.6) is 5.75 Å². The molecule has 4 aromatic carbocycles. The number of aliphatic hydroxyl groups is 1. The number of unbranched alkanes of at least 4 members (excludes halogenated alkanes) is 1. The van der Waals surface area contributed by atoms with E-state index < -0.39 is 6.10 Å². The van der Waals surface area contributed by atoms with Crippen molar-refractivity contribution in [3.05, 3.63) is 142 Å². The number of aromatic nitrogens is 1. The summed E-state index contributed by atoms with van der Waals surface area (Å²) in [4.78, 5) is 27.4. The molecule has 0 spiro atoms. The van der Waals surface area contributed by atoms with Crippen LogP contribution in [0.1, 0.15) is 41.2 Å². The van der Waals surface area contributed by atoms with Crippen LogP contribution in [-0.4, -0.2) is 35.8 Å². The number of fused-ring (bicyclic) bond motifs is 1. The van der Waals surface area contributed by atoms with Gasteiger partial charge in [0.05, 0.1) is 11.6 Å². The van der Waals surface area contributed by atoms with E-state index in [-0.39, 0.29) is 11.6 Å². The second-order valence-corrected chi connectivity index (χ2v) is 11.0. The largest absolute Gasteiger partial charge is 0.487 e. The van der Waals surface area contributed by atoms with E-state index in [0.717, 1.165) is 47.9 Å². The van der Waals surface area contributed by atoms with Crippen LogP contribution in [0.3, 0.4) is 0 Å². The molecule has 8 heteroatoms. The van der Waals surface area contributed by atoms with Gasteiger partial charge < -0.3 is 30.8 Å². The summed E-state index contributed by atoms with van der Waals surface area (Å²) < 4.78 is 6.02. The first-order chi connectivity index (χ1) is 22.0. The van der Waals surface area contributed by atoms with Crippen LogP contribution in [0.2, 0.25) is 0 Å². The number of benzene rings is 4. The summed E-state index contributed by atoms with van der Waals surface area (Å²) in [6.45, 7) is 1.97. The van der Waals surface area contributed by atoms with Crippen molar-refractivity contribution in [2.24, 2.45) is 0 Å². The first kappa shape index (κ1) is 31.5. The number of urea groups is 1. The summed E-state index contributed by atoms with van der Waals surface area (Å²) in [5.41, 5.74) is 5.18. The average molecular weight is 605 g/mol. The first-order valence-corrected chi connectivity index (χ1v) is 15.4. The molecule has 8 nitrogen and oxygen atoms in total. The number of hydrogen-bond donors (Lipinski definition) is 5. The smallest absolute Gasteiger partial charge is 0.319 e. The van der Waals surface area contributed by atoms with Crippen molar-refractivity contribution in [2.75, 3.05) is 25.0 Å². The molecular formula is C37H40N4O4. The fourth-order valence-electron chi connectivity index (χ4n) is 5.26. The Balaban J connectivity index is 1.07. The van der Waals surface area contributed by atoms with E-state index >= 15 is 0 Å². The summed E-state index contributed by atoms with van der Waals surface area (Å²) in [7, 11) is 0. The molecule has 45 heavy (non-hydrogen) atoms. The van der Waals surface area contributed by atoms with Gasteiger partial charge in [-0.15, -0.1) is 0 Å². The number of nitrogens with one attached hydrogen (secondary N) is 4. The molecule has 1 atom stereocenters. The Hall–Kier alpha value is -4.92. The molecule has 1 heterocycles. The number of hydrogen-bond acceptors (Lipinski definition) is 5. The molecular weight excluding hydrogens is 564 g/mol. The quantitative estimate of drug-likeness (QED) is 0.0925. The highest BCUT2D eigenvalue weighted by molar-refractivity contribution is 5.89. The van der Waals surface area contributed by atoms with E-state index in [4.69, 9.17) is 4.74 Å². The molecule has 0 saturated heterocycles. The van der Waals surface area contributed by atoms with Gasteiger partial charge in [0.2, 0.25) is 5.56 Å². The molecule has 0 aliphatic rings. The molecule has 5 rings (SSSR count). The highest BCUT2D eigenvalue weighted by Crippen LogP contribution is 2.30. The molecule has 0 bridgehead atoms. The van der Waals surface area contributed by atoms with Crippen LogP contribution >= 0.6 is 0 Å². The van der Waals surface area contributed by atoms with Gasteiger partial charge in [-0.3, -0.25) is 4.79 Å². The third-order valence-electron chi connectivity index (χ3n) is 7.62. The number of ether oxygens (including phenoxy) is 1. The zero-order chi connectivity index (χ0) is 31.3. The molecule has 1 aromatic heterocycles. The van der Waals surface area contributed by atoms with Gasteiger partial charge in [-0.1, -0.05) is 78.9 Å². The molecule has 5 N–H and O–H groups in total. The number of rotatable bonds is 15. The van der Waals surface area contributed by atoms with E-state index in [1.807, 2.05) is 78.9 Å². The normalized spacial score (nSPS) is 11.7. The van der Waals surface area contributed by atoms with Crippen LogP contribution in [0.15, 0.2) is 114 Å². The number of aromatic amines is 1. The van der Waals surface area contributed by atoms with Crippen molar-refractivity contribution < 1.29 is 14.6 Å². The molecule has 5 aromatic rings. The van der Waals surface area contributed by atoms with Crippen LogP contribution in [0.4, 0.5) is 10.5 Å². The van der Waals surface area contributed by atoms with E-state index in [1.165, 1.54) is 11.6 Å². The van der Waals surface area contributed by atoms with Crippen molar-refractivity contribution in [1.29, 1.82) is 0 Å². The van der Waals surface area contributed by atoms with Gasteiger partial charge in [0.25, 0.3) is 0 Å². The highest BCUT2D eigenvalue weighted by atomic mass is 16.5. The number of carbonyl (C=O) groups excluding carboxylic acids is 1. The molecule has 0 unspecified atom stereocenters. The van der Waals surface area contributed by atoms with Crippen molar-refractivity contribution >= 4 is 22.6 Å². The third-order valence-corrected chi connectivity index (χ3v) is 7.62. The van der Waals surface area contributed by atoms with Crippen LogP contribution in [-0.2, 0) is 19.4 Å². The summed E-state index contributed by atoms with van der Waals surface area (Å²) in [6.07, 6.45) is 2.88. The van der Waals surface area contributed by atoms with Gasteiger partial charge in [-0.05, 0) is 78.7 Å². The molecule has 0 fully saturated rings. The topological polar surface area (TPSA) is 115 Å². The Bertz CT molecular complexity index is 1720. The number of carbonyl (C=O) groups is 1. The number of aryl methyl sites for hydroxylation is 1. The minimum Gasteiger partial charge on any atom is -0.487 e. The van der Waals surface area contributed by atoms with Crippen LogP contribution in [0.25, 0.3) is 10.9 Å². The van der Waals surface area contributed by atoms with E-state index in [0.29, 0.717) is 43.1 Å². The monoisotopic (exact) mass is 604 g/mol. The van der Waals surface area contributed by atoms with Gasteiger partial charge in [0, 0.05) is 30.2 Å². The minimum absolute atomic E-state index is 0.210. The average Bonchev–Trinajstić information content (AvgIpc) is 3.06. The molecule has 0 radical (unpaired) electrons. The van der Waals surface area contributed by atoms with Crippen molar-refractivity contribution in [2.45, 2.75) is 38.4 Å². The van der Waals surface area contributed by atoms with Crippen molar-refractivity contribution in [3.8, 4) is 5.75 Å². The van der Waals surface area contributed by atoms with E-state index in [2.05, 4.69) is 33.1 Å². The number of pyridine rings is 1. The second kappa shape index (κ2) is 16.2. The second-order valence-electron chi connectivity index (χ2n) is 11.0. The molecule has 0 aliphatic heterocycles. The lowest BCUT2D eigenvalue weighted by atomic mass is 10.0. The Kier molecular flexibility index (Phi) is 11.4. The Labute approximate surface area is 263 Å². The third kappa shape index (κ3) is 9.53. The maximum absolute atomic E-state index is 12.4. The van der Waals surface area contributed by atoms with Gasteiger partial charge in [-0.25, -0.2) is 4.79 Å². The summed E-state index contributed by atoms with van der Waals surface area (Å²) in [5, 5.41) is 21.0. The Morgan fingerprint density at radius 2 is 1.53 bits per heavy atom. The maximum atomic E-state index is 12.4. The minimum atomic E-state index is -0.786. The zero-order valence-corrected chi connectivity index (χ0v) is 25.3. The Morgan fingerprint density at radius 1 is 0.778 bits per heavy atom. The maximum Gasteiger partial charge on any atom is 0.319 e. The van der Waals surface area contributed by atoms with Crippen LogP contribution in [0, 0.1) is 0 Å². The van der Waals surface area contributed by atoms with Gasteiger partial charge in [0.1, 0.15) is 12.4 Å². The first-order valence-electron chi connectivity index (χ1n) is 15.4. The summed E-state index contributed by atoms with van der Waals surface area (Å²) >= 11 is 0. The zero-order valence-electron chi connectivity index (χ0n) is 25.3. The number of amides is 2. The van der Waals surface area contributed by atoms with E-state index in [1.54, 1.807) is 12.1 Å². The number of anilines is 1.